The molecule has 2 heterocycles. The molecule has 3 aromatic rings. The number of fused-ring (bicyclic) bond motifs is 1. The zero-order chi connectivity index (χ0) is 18.1. The van der Waals surface area contributed by atoms with Crippen LogP contribution in [0.15, 0.2) is 60.9 Å². The van der Waals surface area contributed by atoms with Gasteiger partial charge < -0.3 is 5.32 Å². The molecule has 0 aliphatic carbocycles. The number of hydrogen-bond acceptors (Lipinski definition) is 2. The Bertz CT molecular complexity index is 952. The van der Waals surface area contributed by atoms with Gasteiger partial charge in [-0.2, -0.15) is 5.10 Å². The van der Waals surface area contributed by atoms with Crippen molar-refractivity contribution in [3.05, 3.63) is 94.3 Å². The van der Waals surface area contributed by atoms with E-state index in [-0.39, 0.29) is 0 Å². The van der Waals surface area contributed by atoms with Crippen molar-refractivity contribution in [1.82, 2.24) is 10.2 Å². The number of nitrogens with zero attached hydrogens (tertiary/aromatic N) is 1. The summed E-state index contributed by atoms with van der Waals surface area (Å²) in [4.78, 5) is 0. The van der Waals surface area contributed by atoms with Crippen molar-refractivity contribution in [3.63, 3.8) is 0 Å². The molecule has 0 spiro atoms. The number of rotatable bonds is 4. The fourth-order valence-electron chi connectivity index (χ4n) is 3.92. The third-order valence-corrected chi connectivity index (χ3v) is 5.45. The predicted molar refractivity (Wildman–Crippen MR) is 108 cm³/mol. The van der Waals surface area contributed by atoms with E-state index in [0.29, 0.717) is 5.92 Å². The highest BCUT2D eigenvalue weighted by Crippen LogP contribution is 2.39. The SMILES string of the molecule is C=C1CC(c2ccc(Cc3ccccc3C)c(CC)c2)c2c[nH]nc2N1. The Morgan fingerprint density at radius 3 is 2.77 bits per heavy atom. The molecule has 2 N–H and O–H groups in total. The number of allylic oxidation sites excluding steroid dienone is 1. The maximum absolute atomic E-state index is 4.31. The molecule has 132 valence electrons. The zero-order valence-corrected chi connectivity index (χ0v) is 15.5. The maximum atomic E-state index is 4.31. The molecule has 3 heteroatoms. The Labute approximate surface area is 155 Å². The van der Waals surface area contributed by atoms with Crippen molar-refractivity contribution >= 4 is 5.82 Å². The van der Waals surface area contributed by atoms with E-state index in [2.05, 4.69) is 78.4 Å². The standard InChI is InChI=1S/C23H25N3/c1-4-17-12-20(21-11-16(3)25-23-22(21)14-24-26-23)10-9-19(17)13-18-8-6-5-7-15(18)2/h5-10,12,14,21H,3-4,11,13H2,1-2H3,(H2,24,25,26). The lowest BCUT2D eigenvalue weighted by Gasteiger charge is -2.25. The Morgan fingerprint density at radius 1 is 1.12 bits per heavy atom. The largest absolute Gasteiger partial charge is 0.343 e. The lowest BCUT2D eigenvalue weighted by atomic mass is 9.84. The van der Waals surface area contributed by atoms with Crippen LogP contribution in [-0.2, 0) is 12.8 Å². The highest BCUT2D eigenvalue weighted by atomic mass is 15.2. The molecule has 26 heavy (non-hydrogen) atoms. The van der Waals surface area contributed by atoms with E-state index in [1.807, 2.05) is 6.20 Å². The molecular weight excluding hydrogens is 318 g/mol. The van der Waals surface area contributed by atoms with Crippen LogP contribution in [-0.4, -0.2) is 10.2 Å². The summed E-state index contributed by atoms with van der Waals surface area (Å²) in [6.07, 6.45) is 4.95. The highest BCUT2D eigenvalue weighted by molar-refractivity contribution is 5.56. The molecule has 1 unspecified atom stereocenters. The topological polar surface area (TPSA) is 40.7 Å². The van der Waals surface area contributed by atoms with E-state index >= 15 is 0 Å². The van der Waals surface area contributed by atoms with Gasteiger partial charge in [-0.05, 0) is 54.0 Å². The van der Waals surface area contributed by atoms with E-state index < -0.39 is 0 Å². The normalized spacial score (nSPS) is 16.2. The first-order chi connectivity index (χ1) is 12.7. The minimum absolute atomic E-state index is 0.315. The summed E-state index contributed by atoms with van der Waals surface area (Å²) < 4.78 is 0. The van der Waals surface area contributed by atoms with E-state index in [0.717, 1.165) is 30.8 Å². The third kappa shape index (κ3) is 3.05. The monoisotopic (exact) mass is 343 g/mol. The predicted octanol–water partition coefficient (Wildman–Crippen LogP) is 5.33. The fraction of sp³-hybridized carbons (Fsp3) is 0.261. The molecule has 0 amide bonds. The van der Waals surface area contributed by atoms with Gasteiger partial charge in [-0.1, -0.05) is 56.0 Å². The van der Waals surface area contributed by atoms with Gasteiger partial charge in [0.25, 0.3) is 0 Å². The molecule has 1 aliphatic heterocycles. The molecule has 0 saturated heterocycles. The van der Waals surface area contributed by atoms with Crippen molar-refractivity contribution in [2.45, 2.75) is 39.0 Å². The second kappa shape index (κ2) is 6.83. The second-order valence-electron chi connectivity index (χ2n) is 7.16. The number of aromatic amines is 1. The molecular formula is C23H25N3. The van der Waals surface area contributed by atoms with Crippen molar-refractivity contribution in [3.8, 4) is 0 Å². The second-order valence-corrected chi connectivity index (χ2v) is 7.16. The molecule has 0 radical (unpaired) electrons. The molecule has 1 aromatic heterocycles. The van der Waals surface area contributed by atoms with Crippen LogP contribution in [0.3, 0.4) is 0 Å². The fourth-order valence-corrected chi connectivity index (χ4v) is 3.92. The minimum Gasteiger partial charge on any atom is -0.343 e. The number of hydrogen-bond donors (Lipinski definition) is 2. The first-order valence-corrected chi connectivity index (χ1v) is 9.30. The third-order valence-electron chi connectivity index (χ3n) is 5.45. The molecule has 0 saturated carbocycles. The number of H-pyrrole nitrogens is 1. The molecule has 4 rings (SSSR count). The molecule has 1 atom stereocenters. The van der Waals surface area contributed by atoms with Crippen LogP contribution >= 0.6 is 0 Å². The lowest BCUT2D eigenvalue weighted by Crippen LogP contribution is -2.15. The van der Waals surface area contributed by atoms with Gasteiger partial charge in [0.1, 0.15) is 0 Å². The first-order valence-electron chi connectivity index (χ1n) is 9.30. The minimum atomic E-state index is 0.315. The average molecular weight is 343 g/mol. The van der Waals surface area contributed by atoms with Crippen molar-refractivity contribution in [1.29, 1.82) is 0 Å². The van der Waals surface area contributed by atoms with Gasteiger partial charge in [0.15, 0.2) is 5.82 Å². The van der Waals surface area contributed by atoms with Crippen LogP contribution in [0, 0.1) is 6.92 Å². The Kier molecular flexibility index (Phi) is 4.37. The number of aromatic nitrogens is 2. The van der Waals surface area contributed by atoms with Crippen LogP contribution in [0.1, 0.15) is 52.6 Å². The van der Waals surface area contributed by atoms with Crippen LogP contribution in [0.25, 0.3) is 0 Å². The van der Waals surface area contributed by atoms with Crippen LogP contribution in [0.5, 0.6) is 0 Å². The summed E-state index contributed by atoms with van der Waals surface area (Å²) in [5, 5.41) is 10.6. The maximum Gasteiger partial charge on any atom is 0.155 e. The van der Waals surface area contributed by atoms with Gasteiger partial charge >= 0.3 is 0 Å². The molecule has 3 nitrogen and oxygen atoms in total. The molecule has 1 aliphatic rings. The van der Waals surface area contributed by atoms with Crippen molar-refractivity contribution in [2.24, 2.45) is 0 Å². The smallest absolute Gasteiger partial charge is 0.155 e. The average Bonchev–Trinajstić information content (AvgIpc) is 3.11. The van der Waals surface area contributed by atoms with Gasteiger partial charge in [0, 0.05) is 23.4 Å². The summed E-state index contributed by atoms with van der Waals surface area (Å²) in [6.45, 7) is 8.56. The summed E-state index contributed by atoms with van der Waals surface area (Å²) in [5.41, 5.74) is 9.22. The number of anilines is 1. The van der Waals surface area contributed by atoms with E-state index in [9.17, 15) is 0 Å². The Hall–Kier alpha value is -2.81. The van der Waals surface area contributed by atoms with E-state index in [1.165, 1.54) is 33.4 Å². The summed E-state index contributed by atoms with van der Waals surface area (Å²) in [7, 11) is 0. The van der Waals surface area contributed by atoms with Gasteiger partial charge in [0.05, 0.1) is 0 Å². The lowest BCUT2D eigenvalue weighted by molar-refractivity contribution is 0.777. The number of benzene rings is 2. The van der Waals surface area contributed by atoms with E-state index in [1.54, 1.807) is 0 Å². The van der Waals surface area contributed by atoms with Crippen molar-refractivity contribution < 1.29 is 0 Å². The van der Waals surface area contributed by atoms with Crippen molar-refractivity contribution in [2.75, 3.05) is 5.32 Å². The van der Waals surface area contributed by atoms with Gasteiger partial charge in [-0.25, -0.2) is 0 Å². The van der Waals surface area contributed by atoms with Crippen LogP contribution < -0.4 is 5.32 Å². The van der Waals surface area contributed by atoms with Gasteiger partial charge in [-0.15, -0.1) is 0 Å². The Balaban J connectivity index is 1.68. The molecule has 0 fully saturated rings. The van der Waals surface area contributed by atoms with Crippen LogP contribution in [0.2, 0.25) is 0 Å². The first kappa shape index (κ1) is 16.6. The zero-order valence-electron chi connectivity index (χ0n) is 15.5. The quantitative estimate of drug-likeness (QED) is 0.672. The Morgan fingerprint density at radius 2 is 1.96 bits per heavy atom. The van der Waals surface area contributed by atoms with Crippen LogP contribution in [0.4, 0.5) is 5.82 Å². The molecule has 0 bridgehead atoms. The number of aryl methyl sites for hydroxylation is 2. The molecule has 2 aromatic carbocycles. The van der Waals surface area contributed by atoms with E-state index in [4.69, 9.17) is 0 Å². The highest BCUT2D eigenvalue weighted by Gasteiger charge is 2.26. The summed E-state index contributed by atoms with van der Waals surface area (Å²) in [5.74, 6) is 1.23. The van der Waals surface area contributed by atoms with Gasteiger partial charge in [-0.3, -0.25) is 5.10 Å². The van der Waals surface area contributed by atoms with Gasteiger partial charge in [0.2, 0.25) is 0 Å². The summed E-state index contributed by atoms with van der Waals surface area (Å²) in [6, 6.07) is 15.6. The summed E-state index contributed by atoms with van der Waals surface area (Å²) >= 11 is 0. The number of nitrogens with one attached hydrogen (secondary N) is 2.